The number of nitrogens with zero attached hydrogens (tertiary/aromatic N) is 2. The van der Waals surface area contributed by atoms with Crippen molar-refractivity contribution in [2.45, 2.75) is 24.6 Å². The smallest absolute Gasteiger partial charge is 0.211 e. The number of rotatable bonds is 4. The lowest BCUT2D eigenvalue weighted by Gasteiger charge is -2.51. The molecule has 2 aromatic rings. The van der Waals surface area contributed by atoms with Crippen molar-refractivity contribution in [2.75, 3.05) is 33.6 Å². The normalized spacial score (nSPS) is 22.3. The molecule has 1 atom stereocenters. The summed E-state index contributed by atoms with van der Waals surface area (Å²) in [5.41, 5.74) is 5.82. The molecule has 0 radical (unpaired) electrons. The van der Waals surface area contributed by atoms with Crippen LogP contribution in [0.5, 0.6) is 17.2 Å². The maximum atomic E-state index is 12.1. The Morgan fingerprint density at radius 2 is 1.84 bits per heavy atom. The van der Waals surface area contributed by atoms with Crippen LogP contribution >= 0.6 is 0 Å². The topological polar surface area (TPSA) is 80.3 Å². The SMILES string of the molecule is COc1cccc(C2=C[C@@H]3c4cccc(OC)c4OC4(CCN(S(C)(=O)=O)CC4)N3N2)c1. The molecule has 1 saturated heterocycles. The Bertz CT molecular complexity index is 1170. The lowest BCUT2D eigenvalue weighted by atomic mass is 9.93. The van der Waals surface area contributed by atoms with Gasteiger partial charge in [-0.15, -0.1) is 0 Å². The molecule has 0 unspecified atom stereocenters. The Hall–Kier alpha value is -2.75. The van der Waals surface area contributed by atoms with Crippen molar-refractivity contribution in [3.05, 3.63) is 59.7 Å². The van der Waals surface area contributed by atoms with Crippen LogP contribution in [0.2, 0.25) is 0 Å². The van der Waals surface area contributed by atoms with Crippen LogP contribution in [0.3, 0.4) is 0 Å². The maximum absolute atomic E-state index is 12.1. The Morgan fingerprint density at radius 1 is 1.09 bits per heavy atom. The molecular formula is C23H27N3O5S. The number of hydrogen-bond acceptors (Lipinski definition) is 7. The van der Waals surface area contributed by atoms with Gasteiger partial charge in [-0.3, -0.25) is 0 Å². The number of hydrazine groups is 1. The van der Waals surface area contributed by atoms with Crippen LogP contribution < -0.4 is 19.6 Å². The number of ether oxygens (including phenoxy) is 3. The molecule has 3 aliphatic rings. The lowest BCUT2D eigenvalue weighted by molar-refractivity contribution is -0.154. The van der Waals surface area contributed by atoms with E-state index in [0.717, 1.165) is 22.6 Å². The third-order valence-corrected chi connectivity index (χ3v) is 7.78. The molecule has 0 aromatic heterocycles. The van der Waals surface area contributed by atoms with Crippen LogP contribution in [0.25, 0.3) is 5.70 Å². The Balaban J connectivity index is 1.56. The second kappa shape index (κ2) is 7.68. The summed E-state index contributed by atoms with van der Waals surface area (Å²) in [6.07, 6.45) is 4.49. The monoisotopic (exact) mass is 457 g/mol. The van der Waals surface area contributed by atoms with Gasteiger partial charge in [-0.05, 0) is 24.3 Å². The highest BCUT2D eigenvalue weighted by Gasteiger charge is 2.53. The number of piperidine rings is 1. The predicted octanol–water partition coefficient (Wildman–Crippen LogP) is 2.75. The van der Waals surface area contributed by atoms with Gasteiger partial charge in [-0.2, -0.15) is 5.01 Å². The van der Waals surface area contributed by atoms with Gasteiger partial charge in [0.25, 0.3) is 0 Å². The largest absolute Gasteiger partial charge is 0.497 e. The van der Waals surface area contributed by atoms with E-state index in [1.807, 2.05) is 42.5 Å². The van der Waals surface area contributed by atoms with E-state index in [2.05, 4.69) is 16.5 Å². The summed E-state index contributed by atoms with van der Waals surface area (Å²) in [5.74, 6) is 2.17. The summed E-state index contributed by atoms with van der Waals surface area (Å²) >= 11 is 0. The number of fused-ring (bicyclic) bond motifs is 4. The molecule has 3 aliphatic heterocycles. The van der Waals surface area contributed by atoms with Gasteiger partial charge < -0.3 is 19.6 Å². The van der Waals surface area contributed by atoms with Crippen LogP contribution in [0, 0.1) is 0 Å². The van der Waals surface area contributed by atoms with Crippen LogP contribution in [-0.2, 0) is 10.0 Å². The van der Waals surface area contributed by atoms with E-state index in [1.54, 1.807) is 14.2 Å². The van der Waals surface area contributed by atoms with Gasteiger partial charge in [-0.1, -0.05) is 24.3 Å². The van der Waals surface area contributed by atoms with Gasteiger partial charge in [0.2, 0.25) is 10.0 Å². The van der Waals surface area contributed by atoms with Gasteiger partial charge in [0.05, 0.1) is 32.2 Å². The predicted molar refractivity (Wildman–Crippen MR) is 121 cm³/mol. The molecule has 0 aliphatic carbocycles. The van der Waals surface area contributed by atoms with Gasteiger partial charge in [-0.25, -0.2) is 12.7 Å². The van der Waals surface area contributed by atoms with Gasteiger partial charge in [0, 0.05) is 37.1 Å². The van der Waals surface area contributed by atoms with Gasteiger partial charge in [0.1, 0.15) is 5.75 Å². The average Bonchev–Trinajstić information content (AvgIpc) is 3.26. The summed E-state index contributed by atoms with van der Waals surface area (Å²) in [6, 6.07) is 13.7. The zero-order valence-electron chi connectivity index (χ0n) is 18.4. The molecule has 8 nitrogen and oxygen atoms in total. The first-order valence-electron chi connectivity index (χ1n) is 10.6. The summed E-state index contributed by atoms with van der Waals surface area (Å²) in [6.45, 7) is 0.783. The first-order chi connectivity index (χ1) is 15.3. The van der Waals surface area contributed by atoms with Crippen molar-refractivity contribution in [1.29, 1.82) is 0 Å². The number of para-hydroxylation sites is 1. The number of hydrogen-bond donors (Lipinski definition) is 1. The van der Waals surface area contributed by atoms with E-state index in [0.29, 0.717) is 37.4 Å². The number of nitrogens with one attached hydrogen (secondary N) is 1. The third kappa shape index (κ3) is 3.41. The molecule has 9 heteroatoms. The van der Waals surface area contributed by atoms with Crippen LogP contribution in [-0.4, -0.2) is 57.0 Å². The fourth-order valence-electron chi connectivity index (χ4n) is 4.79. The summed E-state index contributed by atoms with van der Waals surface area (Å²) < 4.78 is 43.4. The van der Waals surface area contributed by atoms with Crippen LogP contribution in [0.1, 0.15) is 30.0 Å². The summed E-state index contributed by atoms with van der Waals surface area (Å²) in [4.78, 5) is 0. The van der Waals surface area contributed by atoms with E-state index in [9.17, 15) is 8.42 Å². The zero-order chi connectivity index (χ0) is 22.5. The molecule has 1 spiro atoms. The molecule has 0 amide bonds. The van der Waals surface area contributed by atoms with Crippen molar-refractivity contribution in [2.24, 2.45) is 0 Å². The first kappa shape index (κ1) is 21.1. The Morgan fingerprint density at radius 3 is 2.53 bits per heavy atom. The number of methoxy groups -OCH3 is 2. The molecule has 2 aromatic carbocycles. The highest BCUT2D eigenvalue weighted by atomic mass is 32.2. The van der Waals surface area contributed by atoms with E-state index in [-0.39, 0.29) is 6.04 Å². The third-order valence-electron chi connectivity index (χ3n) is 6.48. The maximum Gasteiger partial charge on any atom is 0.211 e. The van der Waals surface area contributed by atoms with Crippen LogP contribution in [0.4, 0.5) is 0 Å². The van der Waals surface area contributed by atoms with Crippen molar-refractivity contribution in [3.63, 3.8) is 0 Å². The molecule has 1 fully saturated rings. The van der Waals surface area contributed by atoms with E-state index in [4.69, 9.17) is 14.2 Å². The second-order valence-corrected chi connectivity index (χ2v) is 10.3. The zero-order valence-corrected chi connectivity index (χ0v) is 19.2. The lowest BCUT2D eigenvalue weighted by Crippen LogP contribution is -2.64. The molecule has 32 heavy (non-hydrogen) atoms. The minimum Gasteiger partial charge on any atom is -0.497 e. The number of benzene rings is 2. The first-order valence-corrected chi connectivity index (χ1v) is 12.4. The molecule has 1 N–H and O–H groups in total. The highest BCUT2D eigenvalue weighted by molar-refractivity contribution is 7.88. The second-order valence-electron chi connectivity index (χ2n) is 8.33. The van der Waals surface area contributed by atoms with Crippen molar-refractivity contribution >= 4 is 15.7 Å². The number of sulfonamides is 1. The fourth-order valence-corrected chi connectivity index (χ4v) is 5.64. The fraction of sp³-hybridized carbons (Fsp3) is 0.391. The molecular weight excluding hydrogens is 430 g/mol. The molecule has 0 bridgehead atoms. The summed E-state index contributed by atoms with van der Waals surface area (Å²) in [7, 11) is 0.0353. The van der Waals surface area contributed by atoms with E-state index in [1.165, 1.54) is 10.6 Å². The molecule has 170 valence electrons. The van der Waals surface area contributed by atoms with Crippen molar-refractivity contribution < 1.29 is 22.6 Å². The van der Waals surface area contributed by atoms with Crippen molar-refractivity contribution in [1.82, 2.24) is 14.7 Å². The van der Waals surface area contributed by atoms with Crippen LogP contribution in [0.15, 0.2) is 48.5 Å². The summed E-state index contributed by atoms with van der Waals surface area (Å²) in [5, 5.41) is 2.13. The minimum atomic E-state index is -3.25. The molecule has 5 rings (SSSR count). The van der Waals surface area contributed by atoms with Crippen molar-refractivity contribution in [3.8, 4) is 17.2 Å². The molecule has 3 heterocycles. The highest BCUT2D eigenvalue weighted by Crippen LogP contribution is 2.51. The van der Waals surface area contributed by atoms with E-state index < -0.39 is 15.7 Å². The van der Waals surface area contributed by atoms with Gasteiger partial charge in [0.15, 0.2) is 17.2 Å². The molecule has 0 saturated carbocycles. The quantitative estimate of drug-likeness (QED) is 0.756. The Labute approximate surface area is 188 Å². The standard InChI is InChI=1S/C23H27N3O5S/c1-29-17-7-4-6-16(14-17)19-15-20-18-8-5-9-21(30-2)22(18)31-23(26(20)24-19)10-12-25(13-11-23)32(3,27)28/h4-9,14-15,20,24H,10-13H2,1-3H3/t20-/m1/s1. The average molecular weight is 458 g/mol. The Kier molecular flexibility index (Phi) is 5.07. The minimum absolute atomic E-state index is 0.0835. The van der Waals surface area contributed by atoms with Gasteiger partial charge >= 0.3 is 0 Å². The van der Waals surface area contributed by atoms with E-state index >= 15 is 0 Å².